The van der Waals surface area contributed by atoms with Gasteiger partial charge in [-0.15, -0.1) is 0 Å². The number of nitrogens with one attached hydrogen (secondary N) is 1. The minimum atomic E-state index is -3.93. The van der Waals surface area contributed by atoms with Crippen LogP contribution in [0.4, 0.5) is 10.1 Å². The maximum Gasteiger partial charge on any atom is 0.244 e. The van der Waals surface area contributed by atoms with Crippen LogP contribution in [-0.2, 0) is 32.6 Å². The number of carbonyl (C=O) groups is 2. The van der Waals surface area contributed by atoms with E-state index in [0.29, 0.717) is 23.6 Å². The minimum Gasteiger partial charge on any atom is -0.354 e. The van der Waals surface area contributed by atoms with Crippen molar-refractivity contribution >= 4 is 39.1 Å². The van der Waals surface area contributed by atoms with E-state index in [1.165, 1.54) is 23.1 Å². The van der Waals surface area contributed by atoms with Gasteiger partial charge in [-0.1, -0.05) is 73.1 Å². The molecule has 7 nitrogen and oxygen atoms in total. The quantitative estimate of drug-likeness (QED) is 0.340. The van der Waals surface area contributed by atoms with E-state index in [1.807, 2.05) is 37.3 Å². The first-order valence-electron chi connectivity index (χ1n) is 12.6. The van der Waals surface area contributed by atoms with Crippen molar-refractivity contribution < 1.29 is 22.4 Å². The molecule has 0 spiro atoms. The highest BCUT2D eigenvalue weighted by molar-refractivity contribution is 7.92. The zero-order valence-electron chi connectivity index (χ0n) is 22.2. The molecule has 3 rings (SSSR count). The molecule has 39 heavy (non-hydrogen) atoms. The predicted octanol–water partition coefficient (Wildman–Crippen LogP) is 4.72. The summed E-state index contributed by atoms with van der Waals surface area (Å²) in [5, 5.41) is 3.19. The van der Waals surface area contributed by atoms with Crippen LogP contribution in [0.5, 0.6) is 0 Å². The molecule has 0 heterocycles. The summed E-state index contributed by atoms with van der Waals surface area (Å²) in [6, 6.07) is 18.9. The molecular weight excluding hydrogens is 541 g/mol. The summed E-state index contributed by atoms with van der Waals surface area (Å²) < 4.78 is 41.5. The van der Waals surface area contributed by atoms with E-state index in [2.05, 4.69) is 5.32 Å². The van der Waals surface area contributed by atoms with Crippen molar-refractivity contribution in [2.24, 2.45) is 0 Å². The summed E-state index contributed by atoms with van der Waals surface area (Å²) >= 11 is 6.25. The van der Waals surface area contributed by atoms with Crippen molar-refractivity contribution in [1.29, 1.82) is 0 Å². The van der Waals surface area contributed by atoms with Crippen molar-refractivity contribution in [3.05, 3.63) is 100 Å². The molecule has 1 N–H and O–H groups in total. The van der Waals surface area contributed by atoms with E-state index >= 15 is 0 Å². The Morgan fingerprint density at radius 3 is 2.31 bits per heavy atom. The number of rotatable bonds is 12. The first kappa shape index (κ1) is 30.1. The number of halogens is 2. The van der Waals surface area contributed by atoms with E-state index in [1.54, 1.807) is 31.2 Å². The highest BCUT2D eigenvalue weighted by atomic mass is 35.5. The normalized spacial score (nSPS) is 12.0. The van der Waals surface area contributed by atoms with Gasteiger partial charge < -0.3 is 10.2 Å². The maximum atomic E-state index is 14.8. The van der Waals surface area contributed by atoms with Gasteiger partial charge in [-0.25, -0.2) is 12.8 Å². The smallest absolute Gasteiger partial charge is 0.244 e. The molecule has 0 saturated heterocycles. The number of anilines is 1. The maximum absolute atomic E-state index is 14.8. The van der Waals surface area contributed by atoms with E-state index < -0.39 is 40.2 Å². The Kier molecular flexibility index (Phi) is 10.5. The molecule has 3 aromatic carbocycles. The fraction of sp³-hybridized carbons (Fsp3) is 0.310. The fourth-order valence-corrected chi connectivity index (χ4v) is 5.26. The van der Waals surface area contributed by atoms with Gasteiger partial charge in [-0.05, 0) is 42.7 Å². The molecule has 0 radical (unpaired) electrons. The molecule has 0 fully saturated rings. The average molecular weight is 574 g/mol. The summed E-state index contributed by atoms with van der Waals surface area (Å²) in [7, 11) is -3.93. The largest absolute Gasteiger partial charge is 0.354 e. The van der Waals surface area contributed by atoms with Gasteiger partial charge in [0.05, 0.1) is 11.9 Å². The number of hydrogen-bond donors (Lipinski definition) is 1. The molecule has 10 heteroatoms. The molecule has 208 valence electrons. The number of nitrogens with zero attached hydrogens (tertiary/aromatic N) is 2. The van der Waals surface area contributed by atoms with Gasteiger partial charge in [-0.2, -0.15) is 0 Å². The van der Waals surface area contributed by atoms with Crippen LogP contribution < -0.4 is 9.62 Å². The standard InChI is InChI=1S/C29H33ClFN3O4S/c1-4-17-32-29(36)27(18-22-11-6-5-7-12-22)33(19-23-13-8-9-15-25(23)31)28(35)20-34(39(3,37)38)26-16-10-14-24(30)21(26)2/h5-16,27H,4,17-20H2,1-3H3,(H,32,36)/t27-/m1/s1. The van der Waals surface area contributed by atoms with Crippen molar-refractivity contribution in [3.63, 3.8) is 0 Å². The fourth-order valence-electron chi connectivity index (χ4n) is 4.19. The Labute approximate surface area is 234 Å². The molecule has 0 aliphatic heterocycles. The van der Waals surface area contributed by atoms with Gasteiger partial charge in [0.2, 0.25) is 21.8 Å². The van der Waals surface area contributed by atoms with Crippen molar-refractivity contribution in [2.75, 3.05) is 23.7 Å². The first-order chi connectivity index (χ1) is 18.5. The molecule has 0 bridgehead atoms. The second kappa shape index (κ2) is 13.6. The predicted molar refractivity (Wildman–Crippen MR) is 153 cm³/mol. The molecule has 2 amide bonds. The van der Waals surface area contributed by atoms with Gasteiger partial charge in [0.1, 0.15) is 18.4 Å². The third-order valence-electron chi connectivity index (χ3n) is 6.31. The van der Waals surface area contributed by atoms with Crippen LogP contribution in [0.1, 0.15) is 30.0 Å². The summed E-state index contributed by atoms with van der Waals surface area (Å²) in [4.78, 5) is 28.7. The summed E-state index contributed by atoms with van der Waals surface area (Å²) in [5.41, 5.74) is 1.74. The van der Waals surface area contributed by atoms with Crippen LogP contribution in [0.25, 0.3) is 0 Å². The van der Waals surface area contributed by atoms with Crippen LogP contribution in [0.2, 0.25) is 5.02 Å². The van der Waals surface area contributed by atoms with E-state index in [0.717, 1.165) is 16.1 Å². The second-order valence-electron chi connectivity index (χ2n) is 9.26. The van der Waals surface area contributed by atoms with Crippen LogP contribution >= 0.6 is 11.6 Å². The Morgan fingerprint density at radius 1 is 1.00 bits per heavy atom. The van der Waals surface area contributed by atoms with Gasteiger partial charge in [0.25, 0.3) is 0 Å². The minimum absolute atomic E-state index is 0.158. The molecule has 3 aromatic rings. The highest BCUT2D eigenvalue weighted by Crippen LogP contribution is 2.28. The third kappa shape index (κ3) is 8.03. The average Bonchev–Trinajstić information content (AvgIpc) is 2.90. The molecule has 0 aliphatic rings. The molecular formula is C29H33ClFN3O4S. The lowest BCUT2D eigenvalue weighted by Crippen LogP contribution is -2.53. The number of hydrogen-bond acceptors (Lipinski definition) is 4. The zero-order chi connectivity index (χ0) is 28.6. The van der Waals surface area contributed by atoms with Gasteiger partial charge >= 0.3 is 0 Å². The Morgan fingerprint density at radius 2 is 1.67 bits per heavy atom. The molecule has 0 aliphatic carbocycles. The molecule has 0 saturated carbocycles. The third-order valence-corrected chi connectivity index (χ3v) is 7.84. The Bertz CT molecular complexity index is 1400. The first-order valence-corrected chi connectivity index (χ1v) is 14.8. The Balaban J connectivity index is 2.08. The topological polar surface area (TPSA) is 86.8 Å². The summed E-state index contributed by atoms with van der Waals surface area (Å²) in [5.74, 6) is -1.60. The highest BCUT2D eigenvalue weighted by Gasteiger charge is 2.33. The SMILES string of the molecule is CCCNC(=O)[C@@H](Cc1ccccc1)N(Cc1ccccc1F)C(=O)CN(c1cccc(Cl)c1C)S(C)(=O)=O. The van der Waals surface area contributed by atoms with Crippen molar-refractivity contribution in [3.8, 4) is 0 Å². The lowest BCUT2D eigenvalue weighted by Gasteiger charge is -2.34. The van der Waals surface area contributed by atoms with Crippen molar-refractivity contribution in [2.45, 2.75) is 39.3 Å². The van der Waals surface area contributed by atoms with Crippen LogP contribution in [0.3, 0.4) is 0 Å². The van der Waals surface area contributed by atoms with E-state index in [-0.39, 0.29) is 24.2 Å². The number of amides is 2. The number of sulfonamides is 1. The van der Waals surface area contributed by atoms with Crippen LogP contribution in [0.15, 0.2) is 72.8 Å². The lowest BCUT2D eigenvalue weighted by molar-refractivity contribution is -0.140. The van der Waals surface area contributed by atoms with Crippen molar-refractivity contribution in [1.82, 2.24) is 10.2 Å². The van der Waals surface area contributed by atoms with Crippen LogP contribution in [-0.4, -0.2) is 50.5 Å². The monoisotopic (exact) mass is 573 g/mol. The van der Waals surface area contributed by atoms with Gasteiger partial charge in [0, 0.05) is 30.1 Å². The summed E-state index contributed by atoms with van der Waals surface area (Å²) in [6.45, 7) is 3.14. The number of benzene rings is 3. The van der Waals surface area contributed by atoms with E-state index in [4.69, 9.17) is 11.6 Å². The summed E-state index contributed by atoms with van der Waals surface area (Å²) in [6.07, 6.45) is 1.84. The lowest BCUT2D eigenvalue weighted by atomic mass is 10.0. The van der Waals surface area contributed by atoms with Gasteiger partial charge in [0.15, 0.2) is 0 Å². The molecule has 0 aromatic heterocycles. The molecule has 0 unspecified atom stereocenters. The van der Waals surface area contributed by atoms with E-state index in [9.17, 15) is 22.4 Å². The second-order valence-corrected chi connectivity index (χ2v) is 11.6. The molecule has 1 atom stereocenters. The van der Waals surface area contributed by atoms with Crippen LogP contribution in [0, 0.1) is 12.7 Å². The zero-order valence-corrected chi connectivity index (χ0v) is 23.8. The van der Waals surface area contributed by atoms with Gasteiger partial charge in [-0.3, -0.25) is 13.9 Å². The Hall–Kier alpha value is -3.43. The number of carbonyl (C=O) groups excluding carboxylic acids is 2.